The second-order valence-electron chi connectivity index (χ2n) is 8.79. The molecule has 4 rings (SSSR count). The number of hydrogen-bond acceptors (Lipinski definition) is 9. The first-order valence-corrected chi connectivity index (χ1v) is 13.5. The fourth-order valence-corrected chi connectivity index (χ4v) is 5.57. The molecule has 2 fully saturated rings. The van der Waals surface area contributed by atoms with E-state index in [-0.39, 0.29) is 41.8 Å². The van der Waals surface area contributed by atoms with E-state index in [1.165, 1.54) is 10.5 Å². The van der Waals surface area contributed by atoms with Crippen LogP contribution < -0.4 is 15.8 Å². The van der Waals surface area contributed by atoms with E-state index in [1.54, 1.807) is 29.0 Å². The van der Waals surface area contributed by atoms with Crippen molar-refractivity contribution in [3.63, 3.8) is 0 Å². The molecule has 1 N–H and O–H groups in total. The molecule has 0 spiro atoms. The molecule has 2 saturated heterocycles. The van der Waals surface area contributed by atoms with Crippen LogP contribution in [0.4, 0.5) is 5.82 Å². The molecule has 1 unspecified atom stereocenters. The maximum atomic E-state index is 13.8. The van der Waals surface area contributed by atoms with Crippen LogP contribution in [0.3, 0.4) is 0 Å². The number of aromatic nitrogens is 2. The van der Waals surface area contributed by atoms with Crippen molar-refractivity contribution in [2.75, 3.05) is 31.1 Å². The largest absolute Gasteiger partial charge is 0.466 e. The molecule has 0 saturated carbocycles. The van der Waals surface area contributed by atoms with E-state index in [0.717, 1.165) is 30.2 Å². The SMILES string of the molecule is CCCCN1C(=O)C(=Cc2c(N3CCNC(=O)C3CC(=O)OCC)nc3ccc(C)cn3c2=O)SC1=S. The zero-order valence-corrected chi connectivity index (χ0v) is 22.6. The third-order valence-electron chi connectivity index (χ3n) is 6.14. The Morgan fingerprint density at radius 3 is 2.81 bits per heavy atom. The number of carbonyl (C=O) groups excluding carboxylic acids is 3. The van der Waals surface area contributed by atoms with Gasteiger partial charge in [0.2, 0.25) is 5.91 Å². The fourth-order valence-electron chi connectivity index (χ4n) is 4.28. The Hall–Kier alpha value is -3.25. The van der Waals surface area contributed by atoms with Crippen molar-refractivity contribution in [1.82, 2.24) is 19.6 Å². The summed E-state index contributed by atoms with van der Waals surface area (Å²) in [5.41, 5.74) is 1.02. The average Bonchev–Trinajstić information content (AvgIpc) is 3.13. The van der Waals surface area contributed by atoms with Gasteiger partial charge in [-0.1, -0.05) is 43.4 Å². The van der Waals surface area contributed by atoms with E-state index in [1.807, 2.05) is 19.9 Å². The van der Waals surface area contributed by atoms with Gasteiger partial charge >= 0.3 is 5.97 Å². The highest BCUT2D eigenvalue weighted by molar-refractivity contribution is 8.26. The van der Waals surface area contributed by atoms with Gasteiger partial charge in [0.05, 0.1) is 23.5 Å². The summed E-state index contributed by atoms with van der Waals surface area (Å²) < 4.78 is 6.94. The van der Waals surface area contributed by atoms with Gasteiger partial charge in [-0.15, -0.1) is 0 Å². The van der Waals surface area contributed by atoms with Crippen LogP contribution in [-0.2, 0) is 19.1 Å². The summed E-state index contributed by atoms with van der Waals surface area (Å²) in [5.74, 6) is -0.914. The molecule has 2 aliphatic rings. The van der Waals surface area contributed by atoms with Crippen molar-refractivity contribution < 1.29 is 19.1 Å². The summed E-state index contributed by atoms with van der Waals surface area (Å²) in [5, 5.41) is 2.77. The number of nitrogens with zero attached hydrogens (tertiary/aromatic N) is 4. The van der Waals surface area contributed by atoms with Gasteiger partial charge in [0.15, 0.2) is 0 Å². The molecule has 2 aromatic rings. The topological polar surface area (TPSA) is 113 Å². The zero-order valence-electron chi connectivity index (χ0n) is 21.0. The first kappa shape index (κ1) is 26.8. The quantitative estimate of drug-likeness (QED) is 0.304. The van der Waals surface area contributed by atoms with E-state index in [9.17, 15) is 19.2 Å². The Morgan fingerprint density at radius 1 is 1.30 bits per heavy atom. The molecule has 2 aliphatic heterocycles. The van der Waals surface area contributed by atoms with E-state index in [0.29, 0.717) is 34.5 Å². The molecule has 0 aromatic carbocycles. The highest BCUT2D eigenvalue weighted by atomic mass is 32.2. The lowest BCUT2D eigenvalue weighted by Crippen LogP contribution is -2.57. The van der Waals surface area contributed by atoms with Gasteiger partial charge in [-0.05, 0) is 38.0 Å². The number of anilines is 1. The maximum absolute atomic E-state index is 13.8. The van der Waals surface area contributed by atoms with E-state index >= 15 is 0 Å². The number of esters is 1. The Balaban J connectivity index is 1.86. The number of hydrogen-bond donors (Lipinski definition) is 1. The minimum atomic E-state index is -0.918. The Labute approximate surface area is 224 Å². The summed E-state index contributed by atoms with van der Waals surface area (Å²) in [6.45, 7) is 6.92. The molecule has 2 amide bonds. The fraction of sp³-hybridized carbons (Fsp3) is 0.440. The molecule has 2 aromatic heterocycles. The van der Waals surface area contributed by atoms with E-state index < -0.39 is 12.0 Å². The lowest BCUT2D eigenvalue weighted by molar-refractivity contribution is -0.145. The molecule has 12 heteroatoms. The van der Waals surface area contributed by atoms with Gasteiger partial charge in [-0.2, -0.15) is 0 Å². The number of fused-ring (bicyclic) bond motifs is 1. The number of pyridine rings is 1. The zero-order chi connectivity index (χ0) is 26.7. The molecule has 4 heterocycles. The van der Waals surface area contributed by atoms with Crippen LogP contribution in [-0.4, -0.2) is 68.7 Å². The maximum Gasteiger partial charge on any atom is 0.308 e. The summed E-state index contributed by atoms with van der Waals surface area (Å²) in [6.07, 6.45) is 4.71. The van der Waals surface area contributed by atoms with Crippen LogP contribution in [0.25, 0.3) is 11.7 Å². The summed E-state index contributed by atoms with van der Waals surface area (Å²) >= 11 is 6.57. The number of thiocarbonyl (C=S) groups is 1. The van der Waals surface area contributed by atoms with Gasteiger partial charge in [0, 0.05) is 25.8 Å². The third kappa shape index (κ3) is 5.54. The Kier molecular flexibility index (Phi) is 8.28. The standard InChI is InChI=1S/C25H29N5O5S2/c1-4-6-10-29-24(34)18(37-25(29)36)12-16-21(27-19-8-7-15(3)14-30(19)23(16)33)28-11-9-26-22(32)17(28)13-20(31)35-5-2/h7-8,12,14,17H,4-6,9-11,13H2,1-3H3,(H,26,32). The smallest absolute Gasteiger partial charge is 0.308 e. The first-order chi connectivity index (χ1) is 17.7. The van der Waals surface area contributed by atoms with Crippen LogP contribution in [0.1, 0.15) is 44.2 Å². The highest BCUT2D eigenvalue weighted by Gasteiger charge is 2.36. The number of piperazine rings is 1. The number of thioether (sulfide) groups is 1. The van der Waals surface area contributed by atoms with Gasteiger partial charge in [0.1, 0.15) is 21.8 Å². The molecule has 37 heavy (non-hydrogen) atoms. The second kappa shape index (κ2) is 11.4. The predicted molar refractivity (Wildman–Crippen MR) is 146 cm³/mol. The number of aryl methyl sites for hydroxylation is 1. The van der Waals surface area contributed by atoms with Crippen molar-refractivity contribution in [2.24, 2.45) is 0 Å². The number of carbonyl (C=O) groups is 3. The van der Waals surface area contributed by atoms with Crippen LogP contribution in [0.15, 0.2) is 28.0 Å². The van der Waals surface area contributed by atoms with Crippen LogP contribution in [0.5, 0.6) is 0 Å². The second-order valence-corrected chi connectivity index (χ2v) is 10.5. The van der Waals surface area contributed by atoms with Crippen molar-refractivity contribution >= 4 is 63.6 Å². The normalized spacial score (nSPS) is 19.2. The lowest BCUT2D eigenvalue weighted by Gasteiger charge is -2.36. The number of rotatable bonds is 8. The molecule has 0 radical (unpaired) electrons. The van der Waals surface area contributed by atoms with Gasteiger partial charge < -0.3 is 15.0 Å². The highest BCUT2D eigenvalue weighted by Crippen LogP contribution is 2.34. The van der Waals surface area contributed by atoms with Crippen molar-refractivity contribution in [1.29, 1.82) is 0 Å². The molecule has 196 valence electrons. The van der Waals surface area contributed by atoms with Gasteiger partial charge in [0.25, 0.3) is 11.5 Å². The molecule has 0 aliphatic carbocycles. The lowest BCUT2D eigenvalue weighted by atomic mass is 10.1. The number of ether oxygens (including phenoxy) is 1. The molecular weight excluding hydrogens is 514 g/mol. The van der Waals surface area contributed by atoms with E-state index in [2.05, 4.69) is 5.32 Å². The van der Waals surface area contributed by atoms with Crippen molar-refractivity contribution in [3.8, 4) is 0 Å². The van der Waals surface area contributed by atoms with Crippen molar-refractivity contribution in [3.05, 3.63) is 44.7 Å². The van der Waals surface area contributed by atoms with Gasteiger partial charge in [-0.25, -0.2) is 4.98 Å². The summed E-state index contributed by atoms with van der Waals surface area (Å²) in [4.78, 5) is 60.3. The monoisotopic (exact) mass is 543 g/mol. The molecule has 10 nitrogen and oxygen atoms in total. The third-order valence-corrected chi connectivity index (χ3v) is 7.52. The minimum absolute atomic E-state index is 0.155. The van der Waals surface area contributed by atoms with Crippen LogP contribution >= 0.6 is 24.0 Å². The number of unbranched alkanes of at least 4 members (excludes halogenated alkanes) is 1. The number of nitrogens with one attached hydrogen (secondary N) is 1. The predicted octanol–water partition coefficient (Wildman–Crippen LogP) is 2.26. The van der Waals surface area contributed by atoms with Crippen LogP contribution in [0.2, 0.25) is 0 Å². The van der Waals surface area contributed by atoms with E-state index in [4.69, 9.17) is 21.9 Å². The molecular formula is C25H29N5O5S2. The minimum Gasteiger partial charge on any atom is -0.466 e. The first-order valence-electron chi connectivity index (χ1n) is 12.2. The molecule has 0 bridgehead atoms. The van der Waals surface area contributed by atoms with Gasteiger partial charge in [-0.3, -0.25) is 28.5 Å². The van der Waals surface area contributed by atoms with Crippen LogP contribution in [0, 0.1) is 6.92 Å². The number of amides is 2. The summed E-state index contributed by atoms with van der Waals surface area (Å²) in [6, 6.07) is 2.64. The Morgan fingerprint density at radius 2 is 2.08 bits per heavy atom. The van der Waals surface area contributed by atoms with Crippen molar-refractivity contribution in [2.45, 2.75) is 46.1 Å². The molecule has 1 atom stereocenters. The summed E-state index contributed by atoms with van der Waals surface area (Å²) in [7, 11) is 0. The Bertz CT molecular complexity index is 1350. The average molecular weight is 544 g/mol.